The fourth-order valence-electron chi connectivity index (χ4n) is 3.75. The van der Waals surface area contributed by atoms with Crippen LogP contribution in [0.1, 0.15) is 44.9 Å². The molecule has 6 nitrogen and oxygen atoms in total. The average molecular weight is 382 g/mol. The van der Waals surface area contributed by atoms with Crippen LogP contribution in [0.4, 0.5) is 11.4 Å². The lowest BCUT2D eigenvalue weighted by atomic mass is 9.85. The Morgan fingerprint density at radius 3 is 2.77 bits per heavy atom. The Kier molecular flexibility index (Phi) is 7.29. The third-order valence-corrected chi connectivity index (χ3v) is 5.15. The highest BCUT2D eigenvalue weighted by Gasteiger charge is 2.26. The fraction of sp³-hybridized carbons (Fsp3) is 0.579. The lowest BCUT2D eigenvalue weighted by molar-refractivity contribution is -0.121. The molecule has 2 amide bonds. The first-order valence-corrected chi connectivity index (χ1v) is 9.13. The predicted octanol–water partition coefficient (Wildman–Crippen LogP) is 3.09. The summed E-state index contributed by atoms with van der Waals surface area (Å²) in [5.41, 5.74) is 7.41. The van der Waals surface area contributed by atoms with Gasteiger partial charge in [0.2, 0.25) is 11.8 Å². The van der Waals surface area contributed by atoms with Crippen molar-refractivity contribution in [2.45, 2.75) is 51.0 Å². The van der Waals surface area contributed by atoms with Gasteiger partial charge >= 0.3 is 0 Å². The van der Waals surface area contributed by atoms with Crippen molar-refractivity contribution in [2.75, 3.05) is 23.9 Å². The molecule has 1 heterocycles. The SMILES string of the molecule is COc1ccc(NC(=O)C2CCCC(N)C2)cc1N1CCCCC1=O.Cl. The Balaban J connectivity index is 0.00000243. The number of ether oxygens (including phenoxy) is 1. The van der Waals surface area contributed by atoms with E-state index in [1.807, 2.05) is 12.1 Å². The number of halogens is 1. The molecule has 1 aliphatic carbocycles. The van der Waals surface area contributed by atoms with Crippen LogP contribution in [0.2, 0.25) is 0 Å². The van der Waals surface area contributed by atoms with Crippen molar-refractivity contribution < 1.29 is 14.3 Å². The van der Waals surface area contributed by atoms with Gasteiger partial charge in [-0.05, 0) is 50.3 Å². The molecule has 1 aliphatic heterocycles. The highest BCUT2D eigenvalue weighted by molar-refractivity contribution is 5.98. The number of methoxy groups -OCH3 is 1. The number of nitrogens with one attached hydrogen (secondary N) is 1. The number of nitrogens with zero attached hydrogens (tertiary/aromatic N) is 1. The number of hydrogen-bond acceptors (Lipinski definition) is 4. The van der Waals surface area contributed by atoms with E-state index in [0.29, 0.717) is 24.4 Å². The fourth-order valence-corrected chi connectivity index (χ4v) is 3.75. The third kappa shape index (κ3) is 4.68. The van der Waals surface area contributed by atoms with Crippen LogP contribution in [-0.4, -0.2) is 31.5 Å². The van der Waals surface area contributed by atoms with Crippen molar-refractivity contribution in [3.05, 3.63) is 18.2 Å². The molecule has 0 aromatic heterocycles. The number of anilines is 2. The summed E-state index contributed by atoms with van der Waals surface area (Å²) in [4.78, 5) is 26.5. The zero-order chi connectivity index (χ0) is 17.8. The van der Waals surface area contributed by atoms with E-state index < -0.39 is 0 Å². The zero-order valence-corrected chi connectivity index (χ0v) is 16.0. The second kappa shape index (κ2) is 9.24. The monoisotopic (exact) mass is 381 g/mol. The molecule has 2 aliphatic rings. The van der Waals surface area contributed by atoms with E-state index in [4.69, 9.17) is 10.5 Å². The van der Waals surface area contributed by atoms with Crippen LogP contribution in [-0.2, 0) is 9.59 Å². The highest BCUT2D eigenvalue weighted by atomic mass is 35.5. The second-order valence-corrected chi connectivity index (χ2v) is 7.00. The Labute approximate surface area is 160 Å². The van der Waals surface area contributed by atoms with Crippen LogP contribution in [0, 0.1) is 5.92 Å². The lowest BCUT2D eigenvalue weighted by Gasteiger charge is -2.29. The van der Waals surface area contributed by atoms with Gasteiger partial charge in [-0.1, -0.05) is 6.42 Å². The molecule has 1 saturated carbocycles. The molecule has 144 valence electrons. The van der Waals surface area contributed by atoms with Crippen molar-refractivity contribution in [2.24, 2.45) is 11.7 Å². The largest absolute Gasteiger partial charge is 0.495 e. The van der Waals surface area contributed by atoms with E-state index in [1.54, 1.807) is 18.1 Å². The van der Waals surface area contributed by atoms with Gasteiger partial charge in [0.25, 0.3) is 0 Å². The van der Waals surface area contributed by atoms with Crippen LogP contribution >= 0.6 is 12.4 Å². The topological polar surface area (TPSA) is 84.7 Å². The van der Waals surface area contributed by atoms with Gasteiger partial charge in [0, 0.05) is 30.6 Å². The summed E-state index contributed by atoms with van der Waals surface area (Å²) in [6.45, 7) is 0.685. The molecule has 0 bridgehead atoms. The van der Waals surface area contributed by atoms with Gasteiger partial charge in [0.1, 0.15) is 5.75 Å². The van der Waals surface area contributed by atoms with E-state index in [2.05, 4.69) is 5.32 Å². The Morgan fingerprint density at radius 1 is 1.27 bits per heavy atom. The van der Waals surface area contributed by atoms with E-state index in [0.717, 1.165) is 44.2 Å². The molecule has 1 aromatic carbocycles. The van der Waals surface area contributed by atoms with Crippen molar-refractivity contribution >= 4 is 35.6 Å². The Bertz CT molecular complexity index is 653. The summed E-state index contributed by atoms with van der Waals surface area (Å²) in [6, 6.07) is 5.57. The first kappa shape index (κ1) is 20.5. The predicted molar refractivity (Wildman–Crippen MR) is 105 cm³/mol. The minimum Gasteiger partial charge on any atom is -0.495 e. The molecule has 7 heteroatoms. The van der Waals surface area contributed by atoms with Crippen LogP contribution in [0.5, 0.6) is 5.75 Å². The molecule has 3 rings (SSSR count). The normalized spacial score (nSPS) is 23.2. The van der Waals surface area contributed by atoms with Crippen LogP contribution in [0.3, 0.4) is 0 Å². The van der Waals surface area contributed by atoms with E-state index >= 15 is 0 Å². The zero-order valence-electron chi connectivity index (χ0n) is 15.2. The molecule has 2 fully saturated rings. The summed E-state index contributed by atoms with van der Waals surface area (Å²) >= 11 is 0. The maximum absolute atomic E-state index is 12.5. The standard InChI is InChI=1S/C19H27N3O3.ClH/c1-25-17-9-8-15(12-16(17)22-10-3-2-7-18(22)23)21-19(24)13-5-4-6-14(20)11-13;/h8-9,12-14H,2-7,10-11,20H2,1H3,(H,21,24);1H. The number of carbonyl (C=O) groups excluding carboxylic acids is 2. The molecule has 26 heavy (non-hydrogen) atoms. The minimum atomic E-state index is -0.0362. The number of carbonyl (C=O) groups is 2. The third-order valence-electron chi connectivity index (χ3n) is 5.15. The molecule has 3 N–H and O–H groups in total. The number of piperidine rings is 1. The number of rotatable bonds is 4. The highest BCUT2D eigenvalue weighted by Crippen LogP contribution is 2.34. The van der Waals surface area contributed by atoms with Crippen molar-refractivity contribution in [1.82, 2.24) is 0 Å². The average Bonchev–Trinajstić information content (AvgIpc) is 2.62. The number of benzene rings is 1. The first-order chi connectivity index (χ1) is 12.1. The minimum absolute atomic E-state index is 0. The van der Waals surface area contributed by atoms with Gasteiger partial charge in [0.05, 0.1) is 12.8 Å². The Hall–Kier alpha value is -1.79. The van der Waals surface area contributed by atoms with Gasteiger partial charge in [0.15, 0.2) is 0 Å². The van der Waals surface area contributed by atoms with Gasteiger partial charge in [-0.15, -0.1) is 12.4 Å². The molecule has 2 atom stereocenters. The molecule has 2 unspecified atom stereocenters. The maximum atomic E-state index is 12.5. The number of nitrogens with two attached hydrogens (primary N) is 1. The molecule has 0 spiro atoms. The summed E-state index contributed by atoms with van der Waals surface area (Å²) < 4.78 is 5.41. The molecule has 0 radical (unpaired) electrons. The number of hydrogen-bond donors (Lipinski definition) is 2. The van der Waals surface area contributed by atoms with Crippen LogP contribution in [0.15, 0.2) is 18.2 Å². The molecule has 1 saturated heterocycles. The summed E-state index contributed by atoms with van der Waals surface area (Å²) in [6.07, 6.45) is 6.07. The van der Waals surface area contributed by atoms with Crippen LogP contribution < -0.4 is 20.7 Å². The van der Waals surface area contributed by atoms with Crippen molar-refractivity contribution in [3.63, 3.8) is 0 Å². The summed E-state index contributed by atoms with van der Waals surface area (Å²) in [5.74, 6) is 0.723. The Morgan fingerprint density at radius 2 is 2.08 bits per heavy atom. The second-order valence-electron chi connectivity index (χ2n) is 7.00. The lowest BCUT2D eigenvalue weighted by Crippen LogP contribution is -2.36. The van der Waals surface area contributed by atoms with Gasteiger partial charge in [-0.25, -0.2) is 0 Å². The number of amides is 2. The molecule has 1 aromatic rings. The molecular formula is C19H28ClN3O3. The van der Waals surface area contributed by atoms with Crippen LogP contribution in [0.25, 0.3) is 0 Å². The molecular weight excluding hydrogens is 354 g/mol. The first-order valence-electron chi connectivity index (χ1n) is 9.13. The smallest absolute Gasteiger partial charge is 0.227 e. The summed E-state index contributed by atoms with van der Waals surface area (Å²) in [7, 11) is 1.59. The summed E-state index contributed by atoms with van der Waals surface area (Å²) in [5, 5.41) is 2.99. The van der Waals surface area contributed by atoms with Crippen molar-refractivity contribution in [1.29, 1.82) is 0 Å². The van der Waals surface area contributed by atoms with E-state index in [9.17, 15) is 9.59 Å². The maximum Gasteiger partial charge on any atom is 0.227 e. The van der Waals surface area contributed by atoms with E-state index in [1.165, 1.54) is 0 Å². The van der Waals surface area contributed by atoms with Gasteiger partial charge < -0.3 is 20.7 Å². The van der Waals surface area contributed by atoms with Crippen molar-refractivity contribution in [3.8, 4) is 5.75 Å². The van der Waals surface area contributed by atoms with Gasteiger partial charge in [-0.2, -0.15) is 0 Å². The van der Waals surface area contributed by atoms with Gasteiger partial charge in [-0.3, -0.25) is 9.59 Å². The van der Waals surface area contributed by atoms with E-state index in [-0.39, 0.29) is 36.2 Å². The quantitative estimate of drug-likeness (QED) is 0.839.